The van der Waals surface area contributed by atoms with Crippen LogP contribution in [0.4, 0.5) is 5.82 Å². The molecular formula is C12H16N4O. The van der Waals surface area contributed by atoms with Crippen molar-refractivity contribution in [1.82, 2.24) is 14.3 Å². The quantitative estimate of drug-likeness (QED) is 0.837. The molecule has 0 spiro atoms. The Morgan fingerprint density at radius 2 is 2.12 bits per heavy atom. The van der Waals surface area contributed by atoms with E-state index in [9.17, 15) is 4.79 Å². The van der Waals surface area contributed by atoms with Crippen molar-refractivity contribution in [3.63, 3.8) is 0 Å². The number of nitrogens with zero attached hydrogens (tertiary/aromatic N) is 3. The third-order valence-corrected chi connectivity index (χ3v) is 2.92. The number of pyridine rings is 1. The minimum Gasteiger partial charge on any atom is -0.384 e. The van der Waals surface area contributed by atoms with Crippen molar-refractivity contribution in [3.05, 3.63) is 34.2 Å². The largest absolute Gasteiger partial charge is 0.384 e. The summed E-state index contributed by atoms with van der Waals surface area (Å²) in [5.74, 6) is 0.656. The van der Waals surface area contributed by atoms with Gasteiger partial charge in [-0.15, -0.1) is 0 Å². The van der Waals surface area contributed by atoms with Gasteiger partial charge in [-0.1, -0.05) is 6.92 Å². The van der Waals surface area contributed by atoms with E-state index in [1.165, 1.54) is 4.57 Å². The van der Waals surface area contributed by atoms with Crippen LogP contribution in [0, 0.1) is 0 Å². The van der Waals surface area contributed by atoms with Crippen molar-refractivity contribution in [1.29, 1.82) is 0 Å². The maximum atomic E-state index is 11.6. The first-order valence-corrected chi connectivity index (χ1v) is 5.53. The van der Waals surface area contributed by atoms with E-state index in [-0.39, 0.29) is 5.56 Å². The van der Waals surface area contributed by atoms with E-state index in [1.807, 2.05) is 13.0 Å². The Morgan fingerprint density at radius 1 is 1.41 bits per heavy atom. The van der Waals surface area contributed by atoms with Gasteiger partial charge in [0, 0.05) is 37.5 Å². The monoisotopic (exact) mass is 232 g/mol. The Kier molecular flexibility index (Phi) is 2.75. The van der Waals surface area contributed by atoms with Gasteiger partial charge in [-0.25, -0.2) is 0 Å². The first kappa shape index (κ1) is 11.4. The lowest BCUT2D eigenvalue weighted by molar-refractivity contribution is 0.781. The molecule has 0 saturated carbocycles. The molecule has 0 aromatic carbocycles. The predicted octanol–water partition coefficient (Wildman–Crippen LogP) is 0.930. The van der Waals surface area contributed by atoms with E-state index in [2.05, 4.69) is 5.10 Å². The Bertz CT molecular complexity index is 609. The van der Waals surface area contributed by atoms with Crippen LogP contribution in [0.3, 0.4) is 0 Å². The number of hydrogen-bond donors (Lipinski definition) is 1. The van der Waals surface area contributed by atoms with Crippen LogP contribution in [-0.4, -0.2) is 14.3 Å². The smallest absolute Gasteiger partial charge is 0.250 e. The van der Waals surface area contributed by atoms with Crippen LogP contribution in [0.5, 0.6) is 0 Å². The Morgan fingerprint density at radius 3 is 2.71 bits per heavy atom. The van der Waals surface area contributed by atoms with E-state index in [1.54, 1.807) is 31.0 Å². The highest BCUT2D eigenvalue weighted by Crippen LogP contribution is 2.25. The summed E-state index contributed by atoms with van der Waals surface area (Å²) in [6, 6.07) is 3.46. The highest BCUT2D eigenvalue weighted by Gasteiger charge is 2.14. The summed E-state index contributed by atoms with van der Waals surface area (Å²) in [4.78, 5) is 11.6. The van der Waals surface area contributed by atoms with Gasteiger partial charge in [0.2, 0.25) is 0 Å². The summed E-state index contributed by atoms with van der Waals surface area (Å²) in [6.07, 6.45) is 2.53. The zero-order chi connectivity index (χ0) is 12.6. The molecule has 2 aromatic heterocycles. The second-order valence-electron chi connectivity index (χ2n) is 4.05. The van der Waals surface area contributed by atoms with Crippen molar-refractivity contribution >= 4 is 5.82 Å². The van der Waals surface area contributed by atoms with Crippen molar-refractivity contribution in [2.24, 2.45) is 14.1 Å². The lowest BCUT2D eigenvalue weighted by Gasteiger charge is -2.02. The number of nitrogens with two attached hydrogens (primary N) is 1. The molecule has 5 nitrogen and oxygen atoms in total. The fourth-order valence-electron chi connectivity index (χ4n) is 1.86. The number of aryl methyl sites for hydroxylation is 2. The Balaban J connectivity index is 2.64. The van der Waals surface area contributed by atoms with Gasteiger partial charge in [0.1, 0.15) is 5.82 Å². The second kappa shape index (κ2) is 4.08. The minimum absolute atomic E-state index is 0.0474. The molecule has 0 fully saturated rings. The van der Waals surface area contributed by atoms with E-state index in [0.29, 0.717) is 5.82 Å². The molecule has 0 aliphatic heterocycles. The van der Waals surface area contributed by atoms with Gasteiger partial charge in [-0.3, -0.25) is 9.48 Å². The zero-order valence-electron chi connectivity index (χ0n) is 10.3. The molecule has 2 aromatic rings. The summed E-state index contributed by atoms with van der Waals surface area (Å²) in [7, 11) is 3.53. The first-order valence-electron chi connectivity index (χ1n) is 5.53. The van der Waals surface area contributed by atoms with Crippen LogP contribution in [0.25, 0.3) is 11.3 Å². The molecule has 5 heteroatoms. The molecule has 2 N–H and O–H groups in total. The molecule has 0 aliphatic rings. The predicted molar refractivity (Wildman–Crippen MR) is 67.7 cm³/mol. The standard InChI is InChI=1S/C12H16N4O/c1-4-9-11(14-16(3)12(9)13)8-5-6-15(2)10(17)7-8/h5-7H,4,13H2,1-3H3. The first-order chi connectivity index (χ1) is 8.04. The topological polar surface area (TPSA) is 65.8 Å². The van der Waals surface area contributed by atoms with Gasteiger partial charge >= 0.3 is 0 Å². The fraction of sp³-hybridized carbons (Fsp3) is 0.333. The summed E-state index contributed by atoms with van der Waals surface area (Å²) in [5.41, 5.74) is 8.49. The fourth-order valence-corrected chi connectivity index (χ4v) is 1.86. The third kappa shape index (κ3) is 1.84. The van der Waals surface area contributed by atoms with E-state index < -0.39 is 0 Å². The van der Waals surface area contributed by atoms with Crippen LogP contribution in [-0.2, 0) is 20.5 Å². The number of rotatable bonds is 2. The summed E-state index contributed by atoms with van der Waals surface area (Å²) in [5, 5.41) is 4.37. The molecule has 0 radical (unpaired) electrons. The molecule has 2 heterocycles. The molecule has 0 saturated heterocycles. The molecule has 0 bridgehead atoms. The average molecular weight is 232 g/mol. The molecule has 0 unspecified atom stereocenters. The van der Waals surface area contributed by atoms with Crippen LogP contribution in [0.2, 0.25) is 0 Å². The SMILES string of the molecule is CCc1c(-c2ccn(C)c(=O)c2)nn(C)c1N. The van der Waals surface area contributed by atoms with E-state index in [0.717, 1.165) is 23.2 Å². The maximum Gasteiger partial charge on any atom is 0.250 e. The molecular weight excluding hydrogens is 216 g/mol. The second-order valence-corrected chi connectivity index (χ2v) is 4.05. The Hall–Kier alpha value is -2.04. The van der Waals surface area contributed by atoms with Gasteiger partial charge < -0.3 is 10.3 Å². The number of aromatic nitrogens is 3. The van der Waals surface area contributed by atoms with E-state index >= 15 is 0 Å². The van der Waals surface area contributed by atoms with Gasteiger partial charge in [0.15, 0.2) is 0 Å². The zero-order valence-corrected chi connectivity index (χ0v) is 10.3. The van der Waals surface area contributed by atoms with Crippen LogP contribution in [0.15, 0.2) is 23.1 Å². The molecule has 17 heavy (non-hydrogen) atoms. The van der Waals surface area contributed by atoms with Crippen molar-refractivity contribution in [2.45, 2.75) is 13.3 Å². The maximum absolute atomic E-state index is 11.6. The molecule has 2 rings (SSSR count). The van der Waals surface area contributed by atoms with Gasteiger partial charge in [-0.05, 0) is 12.5 Å². The summed E-state index contributed by atoms with van der Waals surface area (Å²) >= 11 is 0. The summed E-state index contributed by atoms with van der Waals surface area (Å²) in [6.45, 7) is 2.03. The van der Waals surface area contributed by atoms with Crippen LogP contribution >= 0.6 is 0 Å². The number of nitrogen functional groups attached to an aromatic ring is 1. The third-order valence-electron chi connectivity index (χ3n) is 2.92. The van der Waals surface area contributed by atoms with Gasteiger partial charge in [0.25, 0.3) is 5.56 Å². The average Bonchev–Trinajstić information content (AvgIpc) is 2.59. The molecule has 0 atom stereocenters. The van der Waals surface area contributed by atoms with Crippen LogP contribution in [0.1, 0.15) is 12.5 Å². The van der Waals surface area contributed by atoms with Crippen molar-refractivity contribution in [3.8, 4) is 11.3 Å². The van der Waals surface area contributed by atoms with Crippen molar-refractivity contribution < 1.29 is 0 Å². The lowest BCUT2D eigenvalue weighted by Crippen LogP contribution is -2.14. The Labute approximate surface area is 99.5 Å². The van der Waals surface area contributed by atoms with Gasteiger partial charge in [0.05, 0.1) is 5.69 Å². The normalized spacial score (nSPS) is 10.8. The highest BCUT2D eigenvalue weighted by molar-refractivity contribution is 5.67. The number of anilines is 1. The van der Waals surface area contributed by atoms with Gasteiger partial charge in [-0.2, -0.15) is 5.10 Å². The molecule has 0 amide bonds. The van der Waals surface area contributed by atoms with E-state index in [4.69, 9.17) is 5.73 Å². The number of hydrogen-bond acceptors (Lipinski definition) is 3. The molecule has 0 aliphatic carbocycles. The van der Waals surface area contributed by atoms with Crippen molar-refractivity contribution in [2.75, 3.05) is 5.73 Å². The summed E-state index contributed by atoms with van der Waals surface area (Å²) < 4.78 is 3.17. The van der Waals surface area contributed by atoms with Crippen LogP contribution < -0.4 is 11.3 Å². The molecule has 90 valence electrons. The minimum atomic E-state index is -0.0474. The lowest BCUT2D eigenvalue weighted by atomic mass is 10.1. The highest BCUT2D eigenvalue weighted by atomic mass is 16.1.